The zero-order valence-corrected chi connectivity index (χ0v) is 5.69. The summed E-state index contributed by atoms with van der Waals surface area (Å²) < 4.78 is 0. The van der Waals surface area contributed by atoms with Gasteiger partial charge in [0.25, 0.3) is 0 Å². The average Bonchev–Trinajstić information content (AvgIpc) is 1.41. The summed E-state index contributed by atoms with van der Waals surface area (Å²) in [4.78, 5) is 0. The summed E-state index contributed by atoms with van der Waals surface area (Å²) in [7, 11) is 0. The van der Waals surface area contributed by atoms with Crippen molar-refractivity contribution in [2.24, 2.45) is 0 Å². The van der Waals surface area contributed by atoms with E-state index < -0.39 is 0 Å². The molecule has 0 aromatic rings. The molecule has 0 aliphatic rings. The molecule has 0 atom stereocenters. The molecule has 0 saturated heterocycles. The summed E-state index contributed by atoms with van der Waals surface area (Å²) in [5, 5.41) is 0. The van der Waals surface area contributed by atoms with Gasteiger partial charge in [-0.25, -0.2) is 0 Å². The van der Waals surface area contributed by atoms with Gasteiger partial charge in [-0.05, 0) is 12.2 Å². The molecule has 0 unspecified atom stereocenters. The lowest BCUT2D eigenvalue weighted by molar-refractivity contribution is 0.899. The fourth-order valence-electron chi connectivity index (χ4n) is 0.158. The molecule has 0 radical (unpaired) electrons. The number of hydrogen-bond acceptors (Lipinski definition) is 1. The van der Waals surface area contributed by atoms with Crippen LogP contribution in [0.4, 0.5) is 0 Å². The highest BCUT2D eigenvalue weighted by atomic mass is 35.5. The highest BCUT2D eigenvalue weighted by Crippen LogP contribution is 1.85. The quantitative estimate of drug-likeness (QED) is 0.539. The standard InChI is InChI=1S/C4H10S.ClH/c1-2-3-4-5;/h5H,2-4H2,1H3;1H. The van der Waals surface area contributed by atoms with Crippen molar-refractivity contribution in [3.63, 3.8) is 0 Å². The predicted molar refractivity (Wildman–Crippen MR) is 36.0 cm³/mol. The van der Waals surface area contributed by atoms with Gasteiger partial charge in [0.1, 0.15) is 0 Å². The first-order valence-electron chi connectivity index (χ1n) is 2.02. The summed E-state index contributed by atoms with van der Waals surface area (Å²) in [6.07, 6.45) is 2.52. The molecule has 6 heavy (non-hydrogen) atoms. The molecule has 0 aliphatic carbocycles. The lowest BCUT2D eigenvalue weighted by atomic mass is 10.4. The van der Waals surface area contributed by atoms with Crippen molar-refractivity contribution < 1.29 is 0 Å². The summed E-state index contributed by atoms with van der Waals surface area (Å²) in [5.74, 6) is 1.04. The molecule has 0 bridgehead atoms. The molecule has 0 aliphatic heterocycles. The van der Waals surface area contributed by atoms with E-state index in [1.807, 2.05) is 0 Å². The smallest absolute Gasteiger partial charge is 0.00980 e. The molecule has 0 rings (SSSR count). The summed E-state index contributed by atoms with van der Waals surface area (Å²) in [6, 6.07) is 0. The van der Waals surface area contributed by atoms with Crippen molar-refractivity contribution in [1.29, 1.82) is 0 Å². The Morgan fingerprint density at radius 3 is 2.00 bits per heavy atom. The monoisotopic (exact) mass is 126 g/mol. The minimum atomic E-state index is 0. The van der Waals surface area contributed by atoms with Gasteiger partial charge < -0.3 is 0 Å². The Morgan fingerprint density at radius 2 is 2.00 bits per heavy atom. The van der Waals surface area contributed by atoms with Crippen molar-refractivity contribution in [2.75, 3.05) is 5.75 Å². The maximum atomic E-state index is 4.00. The number of hydrogen-bond donors (Lipinski definition) is 1. The lowest BCUT2D eigenvalue weighted by Crippen LogP contribution is -1.65. The first-order chi connectivity index (χ1) is 2.41. The minimum Gasteiger partial charge on any atom is -0.179 e. The van der Waals surface area contributed by atoms with Crippen LogP contribution in [-0.4, -0.2) is 5.75 Å². The molecule has 0 aromatic heterocycles. The molecule has 0 N–H and O–H groups in total. The Labute approximate surface area is 51.1 Å². The summed E-state index contributed by atoms with van der Waals surface area (Å²) >= 11 is 4.00. The van der Waals surface area contributed by atoms with Gasteiger partial charge in [-0.2, -0.15) is 12.6 Å². The highest BCUT2D eigenvalue weighted by molar-refractivity contribution is 7.80. The first kappa shape index (κ1) is 9.81. The van der Waals surface area contributed by atoms with Crippen molar-refractivity contribution >= 4 is 25.0 Å². The van der Waals surface area contributed by atoms with Crippen LogP contribution in [0.2, 0.25) is 0 Å². The molecule has 0 heterocycles. The van der Waals surface area contributed by atoms with E-state index in [4.69, 9.17) is 0 Å². The van der Waals surface area contributed by atoms with E-state index >= 15 is 0 Å². The molecule has 2 heteroatoms. The fraction of sp³-hybridized carbons (Fsp3) is 1.00. The van der Waals surface area contributed by atoms with Gasteiger partial charge in [-0.3, -0.25) is 0 Å². The SMILES string of the molecule is CCCCS.Cl. The predicted octanol–water partition coefficient (Wildman–Crippen LogP) is 2.14. The van der Waals surface area contributed by atoms with E-state index in [0.717, 1.165) is 5.75 Å². The van der Waals surface area contributed by atoms with Gasteiger partial charge in [-0.15, -0.1) is 12.4 Å². The van der Waals surface area contributed by atoms with Crippen LogP contribution in [0, 0.1) is 0 Å². The van der Waals surface area contributed by atoms with E-state index in [1.54, 1.807) is 0 Å². The van der Waals surface area contributed by atoms with Gasteiger partial charge in [-0.1, -0.05) is 13.3 Å². The Bertz CT molecular complexity index is 15.0. The second-order valence-electron chi connectivity index (χ2n) is 1.08. The zero-order chi connectivity index (χ0) is 4.12. The Morgan fingerprint density at radius 1 is 1.50 bits per heavy atom. The van der Waals surface area contributed by atoms with Crippen molar-refractivity contribution in [3.8, 4) is 0 Å². The molecule has 0 spiro atoms. The van der Waals surface area contributed by atoms with Crippen LogP contribution in [0.5, 0.6) is 0 Å². The molecule has 0 nitrogen and oxygen atoms in total. The fourth-order valence-corrected chi connectivity index (χ4v) is 0.474. The van der Waals surface area contributed by atoms with Crippen LogP contribution in [-0.2, 0) is 0 Å². The first-order valence-corrected chi connectivity index (χ1v) is 2.66. The number of unbranched alkanes of at least 4 members (excludes halogenated alkanes) is 1. The van der Waals surface area contributed by atoms with Crippen LogP contribution in [0.1, 0.15) is 19.8 Å². The zero-order valence-electron chi connectivity index (χ0n) is 3.98. The van der Waals surface area contributed by atoms with Gasteiger partial charge >= 0.3 is 0 Å². The summed E-state index contributed by atoms with van der Waals surface area (Å²) in [5.41, 5.74) is 0. The van der Waals surface area contributed by atoms with Gasteiger partial charge in [0, 0.05) is 0 Å². The molecule has 0 saturated carbocycles. The molecule has 0 fully saturated rings. The van der Waals surface area contributed by atoms with Crippen LogP contribution in [0.15, 0.2) is 0 Å². The van der Waals surface area contributed by atoms with E-state index in [0.29, 0.717) is 0 Å². The normalized spacial score (nSPS) is 7.00. The lowest BCUT2D eigenvalue weighted by Gasteiger charge is -1.78. The maximum absolute atomic E-state index is 4.00. The molecular weight excluding hydrogens is 116 g/mol. The molecule has 40 valence electrons. The third-order valence-electron chi connectivity index (χ3n) is 0.512. The van der Waals surface area contributed by atoms with Crippen LogP contribution in [0.25, 0.3) is 0 Å². The second kappa shape index (κ2) is 9.16. The van der Waals surface area contributed by atoms with Gasteiger partial charge in [0.05, 0.1) is 0 Å². The number of rotatable bonds is 2. The second-order valence-corrected chi connectivity index (χ2v) is 1.52. The van der Waals surface area contributed by atoms with Crippen molar-refractivity contribution in [2.45, 2.75) is 19.8 Å². The van der Waals surface area contributed by atoms with Crippen LogP contribution >= 0.6 is 25.0 Å². The van der Waals surface area contributed by atoms with E-state index in [2.05, 4.69) is 19.6 Å². The Balaban J connectivity index is 0. The van der Waals surface area contributed by atoms with Gasteiger partial charge in [0.2, 0.25) is 0 Å². The maximum Gasteiger partial charge on any atom is -0.00980 e. The summed E-state index contributed by atoms with van der Waals surface area (Å²) in [6.45, 7) is 2.16. The van der Waals surface area contributed by atoms with Crippen LogP contribution < -0.4 is 0 Å². The van der Waals surface area contributed by atoms with Crippen molar-refractivity contribution in [3.05, 3.63) is 0 Å². The number of halogens is 1. The Kier molecular flexibility index (Phi) is 15.0. The number of thiol groups is 1. The van der Waals surface area contributed by atoms with Crippen LogP contribution in [0.3, 0.4) is 0 Å². The Hall–Kier alpha value is 0.640. The molecule has 0 aromatic carbocycles. The minimum absolute atomic E-state index is 0. The third kappa shape index (κ3) is 8.82. The third-order valence-corrected chi connectivity index (χ3v) is 0.828. The van der Waals surface area contributed by atoms with E-state index in [9.17, 15) is 0 Å². The highest BCUT2D eigenvalue weighted by Gasteiger charge is 1.68. The van der Waals surface area contributed by atoms with E-state index in [-0.39, 0.29) is 12.4 Å². The molecular formula is C4H11ClS. The topological polar surface area (TPSA) is 0 Å². The average molecular weight is 127 g/mol. The molecule has 0 amide bonds. The largest absolute Gasteiger partial charge is 0.179 e. The van der Waals surface area contributed by atoms with Gasteiger partial charge in [0.15, 0.2) is 0 Å². The van der Waals surface area contributed by atoms with Crippen molar-refractivity contribution in [1.82, 2.24) is 0 Å². The van der Waals surface area contributed by atoms with E-state index in [1.165, 1.54) is 12.8 Å².